The molecule has 0 radical (unpaired) electrons. The first-order valence-electron chi connectivity index (χ1n) is 8.83. The largest absolute Gasteiger partial charge is 0.326 e. The summed E-state index contributed by atoms with van der Waals surface area (Å²) in [7, 11) is 0. The van der Waals surface area contributed by atoms with Crippen molar-refractivity contribution in [2.75, 3.05) is 23.7 Å². The maximum Gasteiger partial charge on any atom is 0.238 e. The molecule has 7 heteroatoms. The van der Waals surface area contributed by atoms with Gasteiger partial charge in [0.25, 0.3) is 0 Å². The Morgan fingerprint density at radius 1 is 1.12 bits per heavy atom. The summed E-state index contributed by atoms with van der Waals surface area (Å²) in [4.78, 5) is 30.0. The van der Waals surface area contributed by atoms with Gasteiger partial charge >= 0.3 is 0 Å². The molecule has 1 aromatic carbocycles. The van der Waals surface area contributed by atoms with Crippen LogP contribution in [0.3, 0.4) is 0 Å². The number of carbonyl (C=O) groups is 2. The van der Waals surface area contributed by atoms with Crippen molar-refractivity contribution in [1.29, 1.82) is 0 Å². The molecule has 0 aliphatic heterocycles. The molecule has 1 heterocycles. The van der Waals surface area contributed by atoms with Crippen LogP contribution in [-0.4, -0.2) is 34.8 Å². The Morgan fingerprint density at radius 2 is 1.77 bits per heavy atom. The Kier molecular flexibility index (Phi) is 7.74. The van der Waals surface area contributed by atoms with Crippen LogP contribution in [0, 0.1) is 0 Å². The minimum atomic E-state index is -0.121. The molecular weight excluding hydrogens is 348 g/mol. The fraction of sp³-hybridized carbons (Fsp3) is 0.421. The van der Waals surface area contributed by atoms with Crippen LogP contribution in [0.25, 0.3) is 0 Å². The lowest BCUT2D eigenvalue weighted by Gasteiger charge is -2.18. The van der Waals surface area contributed by atoms with Crippen molar-refractivity contribution < 1.29 is 9.59 Å². The van der Waals surface area contributed by atoms with E-state index in [4.69, 9.17) is 0 Å². The second kappa shape index (κ2) is 10.0. The van der Waals surface area contributed by atoms with Gasteiger partial charge in [0, 0.05) is 30.2 Å². The summed E-state index contributed by atoms with van der Waals surface area (Å²) in [5.74, 6) is -0.187. The third kappa shape index (κ3) is 6.57. The van der Waals surface area contributed by atoms with E-state index in [1.54, 1.807) is 35.6 Å². The molecule has 2 N–H and O–H groups in total. The zero-order valence-corrected chi connectivity index (χ0v) is 16.4. The SMILES string of the molecule is CCCc1nc(CN(CC)CC(=O)Nc2ccc(NC(C)=O)cc2)cs1. The molecule has 0 saturated heterocycles. The van der Waals surface area contributed by atoms with Crippen LogP contribution in [0.4, 0.5) is 11.4 Å². The Labute approximate surface area is 158 Å². The van der Waals surface area contributed by atoms with Gasteiger partial charge in [-0.1, -0.05) is 13.8 Å². The lowest BCUT2D eigenvalue weighted by atomic mass is 10.2. The first kappa shape index (κ1) is 20.1. The van der Waals surface area contributed by atoms with E-state index in [2.05, 4.69) is 32.8 Å². The number of rotatable bonds is 9. The first-order valence-corrected chi connectivity index (χ1v) is 9.71. The van der Waals surface area contributed by atoms with Gasteiger partial charge in [0.15, 0.2) is 0 Å². The van der Waals surface area contributed by atoms with Gasteiger partial charge in [-0.15, -0.1) is 11.3 Å². The van der Waals surface area contributed by atoms with E-state index in [1.165, 1.54) is 6.92 Å². The molecule has 0 aliphatic rings. The van der Waals surface area contributed by atoms with Crippen LogP contribution in [-0.2, 0) is 22.6 Å². The topological polar surface area (TPSA) is 74.3 Å². The van der Waals surface area contributed by atoms with Crippen molar-refractivity contribution in [1.82, 2.24) is 9.88 Å². The van der Waals surface area contributed by atoms with Gasteiger partial charge in [-0.25, -0.2) is 4.98 Å². The van der Waals surface area contributed by atoms with Crippen LogP contribution in [0.15, 0.2) is 29.6 Å². The minimum absolute atomic E-state index is 0.0665. The number of benzene rings is 1. The smallest absolute Gasteiger partial charge is 0.238 e. The highest BCUT2D eigenvalue weighted by Gasteiger charge is 2.12. The fourth-order valence-corrected chi connectivity index (χ4v) is 3.39. The van der Waals surface area contributed by atoms with E-state index in [0.717, 1.165) is 30.1 Å². The summed E-state index contributed by atoms with van der Waals surface area (Å²) in [6, 6.07) is 7.08. The van der Waals surface area contributed by atoms with Gasteiger partial charge in [-0.05, 0) is 43.7 Å². The number of nitrogens with zero attached hydrogens (tertiary/aromatic N) is 2. The third-order valence-corrected chi connectivity index (χ3v) is 4.71. The standard InChI is InChI=1S/C19H26N4O2S/c1-4-6-19-22-17(13-26-19)11-23(5-2)12-18(25)21-16-9-7-15(8-10-16)20-14(3)24/h7-10,13H,4-6,11-12H2,1-3H3,(H,20,24)(H,21,25). The van der Waals surface area contributed by atoms with Gasteiger partial charge in [0.1, 0.15) is 0 Å². The maximum absolute atomic E-state index is 12.3. The molecule has 2 aromatic rings. The van der Waals surface area contributed by atoms with E-state index in [9.17, 15) is 9.59 Å². The molecule has 2 amide bonds. The summed E-state index contributed by atoms with van der Waals surface area (Å²) < 4.78 is 0. The maximum atomic E-state index is 12.3. The predicted molar refractivity (Wildman–Crippen MR) is 106 cm³/mol. The van der Waals surface area contributed by atoms with Crippen molar-refractivity contribution in [3.8, 4) is 0 Å². The molecule has 26 heavy (non-hydrogen) atoms. The molecule has 0 atom stereocenters. The number of hydrogen-bond acceptors (Lipinski definition) is 5. The van der Waals surface area contributed by atoms with Crippen molar-refractivity contribution in [3.63, 3.8) is 0 Å². The van der Waals surface area contributed by atoms with Gasteiger partial charge in [-0.3, -0.25) is 14.5 Å². The monoisotopic (exact) mass is 374 g/mol. The number of carbonyl (C=O) groups excluding carboxylic acids is 2. The highest BCUT2D eigenvalue weighted by molar-refractivity contribution is 7.09. The number of likely N-dealkylation sites (N-methyl/N-ethyl adjacent to an activating group) is 1. The first-order chi connectivity index (χ1) is 12.5. The van der Waals surface area contributed by atoms with E-state index < -0.39 is 0 Å². The van der Waals surface area contributed by atoms with E-state index in [0.29, 0.717) is 24.5 Å². The lowest BCUT2D eigenvalue weighted by Crippen LogP contribution is -2.32. The second-order valence-corrected chi connectivity index (χ2v) is 7.04. The van der Waals surface area contributed by atoms with Crippen LogP contribution in [0.5, 0.6) is 0 Å². The summed E-state index contributed by atoms with van der Waals surface area (Å²) in [5.41, 5.74) is 2.43. The number of aryl methyl sites for hydroxylation is 1. The van der Waals surface area contributed by atoms with Crippen molar-refractivity contribution in [2.24, 2.45) is 0 Å². The molecular formula is C19H26N4O2S. The Morgan fingerprint density at radius 3 is 2.35 bits per heavy atom. The average Bonchev–Trinajstić information content (AvgIpc) is 3.03. The van der Waals surface area contributed by atoms with Gasteiger partial charge in [-0.2, -0.15) is 0 Å². The summed E-state index contributed by atoms with van der Waals surface area (Å²) >= 11 is 1.69. The third-order valence-electron chi connectivity index (χ3n) is 3.75. The van der Waals surface area contributed by atoms with Crippen molar-refractivity contribution in [3.05, 3.63) is 40.3 Å². The zero-order chi connectivity index (χ0) is 18.9. The number of anilines is 2. The fourth-order valence-electron chi connectivity index (χ4n) is 2.50. The lowest BCUT2D eigenvalue weighted by molar-refractivity contribution is -0.117. The molecule has 140 valence electrons. The Bertz CT molecular complexity index is 727. The van der Waals surface area contributed by atoms with Gasteiger partial charge in [0.05, 0.1) is 17.2 Å². The van der Waals surface area contributed by atoms with E-state index in [1.807, 2.05) is 6.92 Å². The number of amides is 2. The molecule has 6 nitrogen and oxygen atoms in total. The van der Waals surface area contributed by atoms with Crippen LogP contribution < -0.4 is 10.6 Å². The number of hydrogen-bond donors (Lipinski definition) is 2. The molecule has 2 rings (SSSR count). The van der Waals surface area contributed by atoms with Crippen molar-refractivity contribution in [2.45, 2.75) is 40.2 Å². The molecule has 1 aromatic heterocycles. The minimum Gasteiger partial charge on any atom is -0.326 e. The Balaban J connectivity index is 1.86. The molecule has 0 aliphatic carbocycles. The highest BCUT2D eigenvalue weighted by Crippen LogP contribution is 2.15. The molecule has 0 bridgehead atoms. The van der Waals surface area contributed by atoms with Crippen LogP contribution in [0.2, 0.25) is 0 Å². The Hall–Kier alpha value is -2.25. The quantitative estimate of drug-likeness (QED) is 0.704. The predicted octanol–water partition coefficient (Wildman–Crippen LogP) is 3.51. The normalized spacial score (nSPS) is 10.8. The van der Waals surface area contributed by atoms with Gasteiger partial charge < -0.3 is 10.6 Å². The second-order valence-electron chi connectivity index (χ2n) is 6.09. The molecule has 0 unspecified atom stereocenters. The number of nitrogens with one attached hydrogen (secondary N) is 2. The van der Waals surface area contributed by atoms with Crippen LogP contribution in [0.1, 0.15) is 37.9 Å². The zero-order valence-electron chi connectivity index (χ0n) is 15.5. The van der Waals surface area contributed by atoms with Crippen LogP contribution >= 0.6 is 11.3 Å². The van der Waals surface area contributed by atoms with E-state index >= 15 is 0 Å². The van der Waals surface area contributed by atoms with E-state index in [-0.39, 0.29) is 11.8 Å². The number of thiazole rings is 1. The van der Waals surface area contributed by atoms with Gasteiger partial charge in [0.2, 0.25) is 11.8 Å². The molecule has 0 fully saturated rings. The summed E-state index contributed by atoms with van der Waals surface area (Å²) in [5, 5.41) is 8.82. The average molecular weight is 375 g/mol. The summed E-state index contributed by atoms with van der Waals surface area (Å²) in [6.45, 7) is 7.40. The number of aromatic nitrogens is 1. The molecule has 0 spiro atoms. The highest BCUT2D eigenvalue weighted by atomic mass is 32.1. The summed E-state index contributed by atoms with van der Waals surface area (Å²) in [6.07, 6.45) is 2.10. The van der Waals surface area contributed by atoms with Crippen molar-refractivity contribution >= 4 is 34.5 Å². The molecule has 0 saturated carbocycles.